The summed E-state index contributed by atoms with van der Waals surface area (Å²) in [6, 6.07) is 6.37. The van der Waals surface area contributed by atoms with Crippen molar-refractivity contribution in [3.63, 3.8) is 0 Å². The first-order valence-corrected chi connectivity index (χ1v) is 6.58. The van der Waals surface area contributed by atoms with Crippen LogP contribution in [0.5, 0.6) is 0 Å². The van der Waals surface area contributed by atoms with E-state index in [4.69, 9.17) is 23.2 Å². The summed E-state index contributed by atoms with van der Waals surface area (Å²) in [5, 5.41) is 0.751. The largest absolute Gasteiger partial charge is 0.235 e. The number of benzene rings is 1. The van der Waals surface area contributed by atoms with Crippen LogP contribution in [0.15, 0.2) is 30.6 Å². The molecule has 3 aromatic rings. The SMILES string of the molecule is Fc1cc(Cl)ccc1-c1cc2ncnc(Cl)c2s1. The Hall–Kier alpha value is -1.23. The maximum atomic E-state index is 13.8. The Morgan fingerprint density at radius 3 is 2.67 bits per heavy atom. The molecule has 3 rings (SSSR count). The predicted octanol–water partition coefficient (Wildman–Crippen LogP) is 4.80. The maximum absolute atomic E-state index is 13.8. The topological polar surface area (TPSA) is 25.8 Å². The van der Waals surface area contributed by atoms with Gasteiger partial charge in [0.15, 0.2) is 0 Å². The standard InChI is InChI=1S/C12H5Cl2FN2S/c13-6-1-2-7(8(15)3-6)10-4-9-11(18-10)12(14)17-5-16-9/h1-5H. The number of rotatable bonds is 1. The number of hydrogen-bond acceptors (Lipinski definition) is 3. The second-order valence-corrected chi connectivity index (χ2v) is 5.46. The van der Waals surface area contributed by atoms with Gasteiger partial charge in [-0.2, -0.15) is 0 Å². The highest BCUT2D eigenvalue weighted by atomic mass is 35.5. The van der Waals surface area contributed by atoms with Crippen molar-refractivity contribution < 1.29 is 4.39 Å². The molecule has 2 nitrogen and oxygen atoms in total. The van der Waals surface area contributed by atoms with Crippen molar-refractivity contribution in [2.75, 3.05) is 0 Å². The molecular formula is C12H5Cl2FN2S. The average Bonchev–Trinajstić information content (AvgIpc) is 2.74. The second-order valence-electron chi connectivity index (χ2n) is 3.61. The predicted molar refractivity (Wildman–Crippen MR) is 72.8 cm³/mol. The van der Waals surface area contributed by atoms with E-state index in [9.17, 15) is 4.39 Å². The molecule has 2 aromatic heterocycles. The van der Waals surface area contributed by atoms with E-state index >= 15 is 0 Å². The van der Waals surface area contributed by atoms with Crippen molar-refractivity contribution in [1.29, 1.82) is 0 Å². The molecule has 0 aliphatic heterocycles. The molecule has 0 N–H and O–H groups in total. The van der Waals surface area contributed by atoms with Crippen LogP contribution < -0.4 is 0 Å². The van der Waals surface area contributed by atoms with Gasteiger partial charge in [-0.3, -0.25) is 0 Å². The van der Waals surface area contributed by atoms with Gasteiger partial charge in [0.05, 0.1) is 10.2 Å². The monoisotopic (exact) mass is 298 g/mol. The molecule has 18 heavy (non-hydrogen) atoms. The van der Waals surface area contributed by atoms with Crippen LogP contribution in [0.3, 0.4) is 0 Å². The minimum atomic E-state index is -0.363. The van der Waals surface area contributed by atoms with Crippen LogP contribution in [0, 0.1) is 5.82 Å². The summed E-state index contributed by atoms with van der Waals surface area (Å²) in [6.07, 6.45) is 1.39. The summed E-state index contributed by atoms with van der Waals surface area (Å²) < 4.78 is 14.6. The summed E-state index contributed by atoms with van der Waals surface area (Å²) in [4.78, 5) is 8.75. The van der Waals surface area contributed by atoms with Gasteiger partial charge >= 0.3 is 0 Å². The van der Waals surface area contributed by atoms with E-state index in [-0.39, 0.29) is 5.82 Å². The third-order valence-corrected chi connectivity index (χ3v) is 4.26. The van der Waals surface area contributed by atoms with Crippen molar-refractivity contribution in [3.8, 4) is 10.4 Å². The van der Waals surface area contributed by atoms with Crippen LogP contribution >= 0.6 is 34.5 Å². The summed E-state index contributed by atoms with van der Waals surface area (Å²) in [7, 11) is 0. The van der Waals surface area contributed by atoms with Crippen molar-refractivity contribution >= 4 is 44.8 Å². The molecular weight excluding hydrogens is 294 g/mol. The third kappa shape index (κ3) is 1.96. The first-order valence-electron chi connectivity index (χ1n) is 5.00. The molecule has 0 radical (unpaired) electrons. The lowest BCUT2D eigenvalue weighted by Gasteiger charge is -1.99. The number of fused-ring (bicyclic) bond motifs is 1. The lowest BCUT2D eigenvalue weighted by atomic mass is 10.2. The summed E-state index contributed by atoms with van der Waals surface area (Å²) >= 11 is 13.1. The molecule has 1 aromatic carbocycles. The molecule has 2 heterocycles. The average molecular weight is 299 g/mol. The highest BCUT2D eigenvalue weighted by Crippen LogP contribution is 2.36. The molecule has 0 saturated carbocycles. The lowest BCUT2D eigenvalue weighted by Crippen LogP contribution is -1.80. The normalized spacial score (nSPS) is 11.1. The van der Waals surface area contributed by atoms with Gasteiger partial charge in [-0.1, -0.05) is 23.2 Å². The zero-order valence-corrected chi connectivity index (χ0v) is 11.2. The molecule has 6 heteroatoms. The molecule has 0 atom stereocenters. The van der Waals surface area contributed by atoms with Crippen LogP contribution in [-0.4, -0.2) is 9.97 Å². The smallest absolute Gasteiger partial charge is 0.150 e. The van der Waals surface area contributed by atoms with E-state index < -0.39 is 0 Å². The van der Waals surface area contributed by atoms with Gasteiger partial charge in [0, 0.05) is 15.5 Å². The Morgan fingerprint density at radius 1 is 1.11 bits per heavy atom. The second kappa shape index (κ2) is 4.46. The zero-order chi connectivity index (χ0) is 12.7. The number of hydrogen-bond donors (Lipinski definition) is 0. The maximum Gasteiger partial charge on any atom is 0.150 e. The van der Waals surface area contributed by atoms with Crippen molar-refractivity contribution in [1.82, 2.24) is 9.97 Å². The zero-order valence-electron chi connectivity index (χ0n) is 8.82. The Bertz CT molecular complexity index is 742. The number of nitrogens with zero attached hydrogens (tertiary/aromatic N) is 2. The van der Waals surface area contributed by atoms with Gasteiger partial charge in [-0.05, 0) is 24.3 Å². The fourth-order valence-corrected chi connectivity index (χ4v) is 3.08. The summed E-state index contributed by atoms with van der Waals surface area (Å²) in [5.41, 5.74) is 1.20. The lowest BCUT2D eigenvalue weighted by molar-refractivity contribution is 0.632. The molecule has 0 aliphatic rings. The van der Waals surface area contributed by atoms with Crippen LogP contribution in [-0.2, 0) is 0 Å². The quantitative estimate of drug-likeness (QED) is 0.603. The molecule has 0 amide bonds. The van der Waals surface area contributed by atoms with Crippen LogP contribution in [0.1, 0.15) is 0 Å². The molecule has 0 unspecified atom stereocenters. The van der Waals surface area contributed by atoms with Crippen LogP contribution in [0.4, 0.5) is 4.39 Å². The Kier molecular flexibility index (Phi) is 2.93. The first kappa shape index (κ1) is 11.8. The number of halogens is 3. The number of aromatic nitrogens is 2. The number of thiophene rings is 1. The van der Waals surface area contributed by atoms with E-state index in [2.05, 4.69) is 9.97 Å². The molecule has 0 spiro atoms. The van der Waals surface area contributed by atoms with E-state index in [0.717, 1.165) is 9.58 Å². The minimum absolute atomic E-state index is 0.363. The summed E-state index contributed by atoms with van der Waals surface area (Å²) in [6.45, 7) is 0. The van der Waals surface area contributed by atoms with Crippen LogP contribution in [0.25, 0.3) is 20.7 Å². The van der Waals surface area contributed by atoms with Gasteiger partial charge in [-0.25, -0.2) is 14.4 Å². The van der Waals surface area contributed by atoms with Gasteiger partial charge in [-0.15, -0.1) is 11.3 Å². The Balaban J connectivity index is 2.23. The van der Waals surface area contributed by atoms with E-state index in [1.54, 1.807) is 18.2 Å². The molecule has 0 saturated heterocycles. The van der Waals surface area contributed by atoms with E-state index in [0.29, 0.717) is 21.3 Å². The molecule has 0 fully saturated rings. The van der Waals surface area contributed by atoms with E-state index in [1.807, 2.05) is 0 Å². The summed E-state index contributed by atoms with van der Waals surface area (Å²) in [5.74, 6) is -0.363. The fraction of sp³-hybridized carbons (Fsp3) is 0. The van der Waals surface area contributed by atoms with Crippen molar-refractivity contribution in [3.05, 3.63) is 46.6 Å². The van der Waals surface area contributed by atoms with E-state index in [1.165, 1.54) is 23.7 Å². The minimum Gasteiger partial charge on any atom is -0.235 e. The Morgan fingerprint density at radius 2 is 1.94 bits per heavy atom. The molecule has 0 bridgehead atoms. The van der Waals surface area contributed by atoms with Crippen molar-refractivity contribution in [2.45, 2.75) is 0 Å². The molecule has 0 aliphatic carbocycles. The van der Waals surface area contributed by atoms with Crippen molar-refractivity contribution in [2.24, 2.45) is 0 Å². The Labute approximate surface area is 116 Å². The third-order valence-electron chi connectivity index (χ3n) is 2.46. The van der Waals surface area contributed by atoms with Gasteiger partial charge < -0.3 is 0 Å². The molecule has 90 valence electrons. The fourth-order valence-electron chi connectivity index (χ4n) is 1.65. The van der Waals surface area contributed by atoms with Gasteiger partial charge in [0.1, 0.15) is 17.3 Å². The highest BCUT2D eigenvalue weighted by molar-refractivity contribution is 7.22. The van der Waals surface area contributed by atoms with Crippen LogP contribution in [0.2, 0.25) is 10.2 Å². The first-order chi connectivity index (χ1) is 8.65. The highest BCUT2D eigenvalue weighted by Gasteiger charge is 2.12. The van der Waals surface area contributed by atoms with Gasteiger partial charge in [0.2, 0.25) is 0 Å². The van der Waals surface area contributed by atoms with Gasteiger partial charge in [0.25, 0.3) is 0 Å².